The average molecular weight is 277 g/mol. The number of aliphatic hydroxyl groups excluding tert-OH is 1. The number of aliphatic hydroxyl groups is 2. The van der Waals surface area contributed by atoms with Gasteiger partial charge in [0.25, 0.3) is 0 Å². The van der Waals surface area contributed by atoms with E-state index >= 15 is 0 Å². The highest BCUT2D eigenvalue weighted by molar-refractivity contribution is 5.72. The van der Waals surface area contributed by atoms with Crippen LogP contribution in [0.15, 0.2) is 30.5 Å². The SMILES string of the molecule is CN/C=C(\c1ccc(OC)cc1)C1(O)CCCC(O)C1. The highest BCUT2D eigenvalue weighted by Gasteiger charge is 2.37. The van der Waals surface area contributed by atoms with Crippen molar-refractivity contribution in [2.45, 2.75) is 37.4 Å². The van der Waals surface area contributed by atoms with Gasteiger partial charge in [-0.15, -0.1) is 0 Å². The molecule has 3 N–H and O–H groups in total. The molecule has 2 rings (SSSR count). The number of nitrogens with one attached hydrogen (secondary N) is 1. The zero-order valence-electron chi connectivity index (χ0n) is 12.1. The second-order valence-electron chi connectivity index (χ2n) is 5.36. The van der Waals surface area contributed by atoms with E-state index in [1.165, 1.54) is 0 Å². The van der Waals surface area contributed by atoms with Gasteiger partial charge in [-0.2, -0.15) is 0 Å². The van der Waals surface area contributed by atoms with Crippen molar-refractivity contribution in [1.82, 2.24) is 5.32 Å². The lowest BCUT2D eigenvalue weighted by molar-refractivity contribution is -0.00370. The monoisotopic (exact) mass is 277 g/mol. The third-order valence-electron chi connectivity index (χ3n) is 3.89. The van der Waals surface area contributed by atoms with E-state index in [2.05, 4.69) is 5.32 Å². The van der Waals surface area contributed by atoms with Gasteiger partial charge >= 0.3 is 0 Å². The fourth-order valence-electron chi connectivity index (χ4n) is 2.87. The molecule has 0 saturated heterocycles. The molecule has 1 saturated carbocycles. The van der Waals surface area contributed by atoms with E-state index in [1.807, 2.05) is 37.5 Å². The zero-order chi connectivity index (χ0) is 14.6. The maximum atomic E-state index is 10.9. The Labute approximate surface area is 120 Å². The van der Waals surface area contributed by atoms with Gasteiger partial charge in [-0.05, 0) is 37.0 Å². The molecule has 20 heavy (non-hydrogen) atoms. The Morgan fingerprint density at radius 2 is 2.10 bits per heavy atom. The molecule has 0 radical (unpaired) electrons. The second-order valence-corrected chi connectivity index (χ2v) is 5.36. The first kappa shape index (κ1) is 14.9. The van der Waals surface area contributed by atoms with Gasteiger partial charge in [0.2, 0.25) is 0 Å². The molecule has 1 aliphatic rings. The Morgan fingerprint density at radius 1 is 1.40 bits per heavy atom. The molecular formula is C16H23NO3. The van der Waals surface area contributed by atoms with Crippen LogP contribution in [0.4, 0.5) is 0 Å². The van der Waals surface area contributed by atoms with Crippen LogP contribution in [0.1, 0.15) is 31.2 Å². The van der Waals surface area contributed by atoms with Crippen LogP contribution >= 0.6 is 0 Å². The molecular weight excluding hydrogens is 254 g/mol. The molecule has 0 aliphatic heterocycles. The fraction of sp³-hybridized carbons (Fsp3) is 0.500. The van der Waals surface area contributed by atoms with Crippen molar-refractivity contribution in [3.63, 3.8) is 0 Å². The van der Waals surface area contributed by atoms with Gasteiger partial charge in [0, 0.05) is 25.2 Å². The van der Waals surface area contributed by atoms with Gasteiger partial charge < -0.3 is 20.3 Å². The lowest BCUT2D eigenvalue weighted by atomic mass is 9.76. The van der Waals surface area contributed by atoms with E-state index in [-0.39, 0.29) is 0 Å². The lowest BCUT2D eigenvalue weighted by Crippen LogP contribution is -2.39. The normalized spacial score (nSPS) is 27.2. The van der Waals surface area contributed by atoms with E-state index in [4.69, 9.17) is 4.74 Å². The number of rotatable bonds is 4. The molecule has 0 amide bonds. The van der Waals surface area contributed by atoms with Crippen LogP contribution in [-0.4, -0.2) is 36.1 Å². The van der Waals surface area contributed by atoms with Crippen LogP contribution in [0, 0.1) is 0 Å². The fourth-order valence-corrected chi connectivity index (χ4v) is 2.87. The smallest absolute Gasteiger partial charge is 0.118 e. The molecule has 0 heterocycles. The second kappa shape index (κ2) is 6.29. The minimum absolute atomic E-state index is 0.381. The summed E-state index contributed by atoms with van der Waals surface area (Å²) in [5.41, 5.74) is 0.785. The van der Waals surface area contributed by atoms with Crippen LogP contribution in [0.2, 0.25) is 0 Å². The molecule has 4 heteroatoms. The summed E-state index contributed by atoms with van der Waals surface area (Å²) in [6.45, 7) is 0. The molecule has 1 aromatic rings. The van der Waals surface area contributed by atoms with Crippen molar-refractivity contribution in [3.05, 3.63) is 36.0 Å². The first-order valence-electron chi connectivity index (χ1n) is 7.02. The van der Waals surface area contributed by atoms with E-state index in [0.717, 1.165) is 29.7 Å². The van der Waals surface area contributed by atoms with E-state index in [1.54, 1.807) is 7.11 Å². The van der Waals surface area contributed by atoms with E-state index in [0.29, 0.717) is 12.8 Å². The molecule has 4 nitrogen and oxygen atoms in total. The minimum Gasteiger partial charge on any atom is -0.497 e. The van der Waals surface area contributed by atoms with Crippen molar-refractivity contribution >= 4 is 5.57 Å². The van der Waals surface area contributed by atoms with Gasteiger partial charge in [-0.25, -0.2) is 0 Å². The largest absolute Gasteiger partial charge is 0.497 e. The quantitative estimate of drug-likeness (QED) is 0.787. The molecule has 0 bridgehead atoms. The first-order chi connectivity index (χ1) is 9.59. The Bertz CT molecular complexity index is 469. The van der Waals surface area contributed by atoms with Crippen molar-refractivity contribution in [3.8, 4) is 5.75 Å². The van der Waals surface area contributed by atoms with Crippen LogP contribution in [-0.2, 0) is 0 Å². The Hall–Kier alpha value is -1.52. The molecule has 0 aromatic heterocycles. The molecule has 1 fully saturated rings. The first-order valence-corrected chi connectivity index (χ1v) is 7.02. The molecule has 2 atom stereocenters. The summed E-state index contributed by atoms with van der Waals surface area (Å²) in [6, 6.07) is 7.62. The Balaban J connectivity index is 2.32. The third-order valence-corrected chi connectivity index (χ3v) is 3.89. The lowest BCUT2D eigenvalue weighted by Gasteiger charge is -2.37. The molecule has 0 spiro atoms. The van der Waals surface area contributed by atoms with Gasteiger partial charge in [0.05, 0.1) is 18.8 Å². The molecule has 1 aliphatic carbocycles. The summed E-state index contributed by atoms with van der Waals surface area (Å²) in [4.78, 5) is 0. The summed E-state index contributed by atoms with van der Waals surface area (Å²) in [6.07, 6.45) is 4.02. The van der Waals surface area contributed by atoms with E-state index in [9.17, 15) is 10.2 Å². The van der Waals surface area contributed by atoms with Crippen LogP contribution in [0.3, 0.4) is 0 Å². The standard InChI is InChI=1S/C16H23NO3/c1-17-11-15(12-5-7-14(20-2)8-6-12)16(19)9-3-4-13(18)10-16/h5-8,11,13,17-19H,3-4,9-10H2,1-2H3/b15-11+. The number of ether oxygens (including phenoxy) is 1. The Kier molecular flexibility index (Phi) is 4.68. The van der Waals surface area contributed by atoms with Crippen molar-refractivity contribution in [2.24, 2.45) is 0 Å². The summed E-state index contributed by atoms with van der Waals surface area (Å²) in [5, 5.41) is 23.8. The summed E-state index contributed by atoms with van der Waals surface area (Å²) in [7, 11) is 3.44. The van der Waals surface area contributed by atoms with Crippen LogP contribution in [0.25, 0.3) is 5.57 Å². The summed E-state index contributed by atoms with van der Waals surface area (Å²) in [5.74, 6) is 0.785. The number of hydrogen-bond acceptors (Lipinski definition) is 4. The summed E-state index contributed by atoms with van der Waals surface area (Å²) < 4.78 is 5.16. The number of benzene rings is 1. The van der Waals surface area contributed by atoms with Crippen LogP contribution < -0.4 is 10.1 Å². The minimum atomic E-state index is -0.977. The molecule has 2 unspecified atom stereocenters. The van der Waals surface area contributed by atoms with E-state index < -0.39 is 11.7 Å². The topological polar surface area (TPSA) is 61.7 Å². The van der Waals surface area contributed by atoms with Crippen molar-refractivity contribution < 1.29 is 14.9 Å². The van der Waals surface area contributed by atoms with Crippen molar-refractivity contribution in [1.29, 1.82) is 0 Å². The highest BCUT2D eigenvalue weighted by Crippen LogP contribution is 2.39. The maximum absolute atomic E-state index is 10.9. The van der Waals surface area contributed by atoms with Gasteiger partial charge in [-0.3, -0.25) is 0 Å². The zero-order valence-corrected chi connectivity index (χ0v) is 12.1. The molecule has 1 aromatic carbocycles. The molecule has 110 valence electrons. The van der Waals surface area contributed by atoms with Gasteiger partial charge in [-0.1, -0.05) is 12.1 Å². The van der Waals surface area contributed by atoms with Crippen LogP contribution in [0.5, 0.6) is 5.75 Å². The predicted octanol–water partition coefficient (Wildman–Crippen LogP) is 1.92. The number of hydrogen-bond donors (Lipinski definition) is 3. The summed E-state index contributed by atoms with van der Waals surface area (Å²) >= 11 is 0. The van der Waals surface area contributed by atoms with Gasteiger partial charge in [0.1, 0.15) is 5.75 Å². The predicted molar refractivity (Wildman–Crippen MR) is 79.5 cm³/mol. The van der Waals surface area contributed by atoms with Crippen molar-refractivity contribution in [2.75, 3.05) is 14.2 Å². The maximum Gasteiger partial charge on any atom is 0.118 e. The highest BCUT2D eigenvalue weighted by atomic mass is 16.5. The average Bonchev–Trinajstić information content (AvgIpc) is 2.44. The Morgan fingerprint density at radius 3 is 2.65 bits per heavy atom. The number of methoxy groups -OCH3 is 1. The van der Waals surface area contributed by atoms with Gasteiger partial charge in [0.15, 0.2) is 0 Å². The third kappa shape index (κ3) is 3.14.